The van der Waals surface area contributed by atoms with Gasteiger partial charge in [0.25, 0.3) is 5.91 Å². The van der Waals surface area contributed by atoms with Gasteiger partial charge in [0.1, 0.15) is 5.82 Å². The zero-order valence-corrected chi connectivity index (χ0v) is 12.4. The molecular weight excluding hydrogens is 335 g/mol. The molecule has 0 aliphatic heterocycles. The third-order valence-corrected chi connectivity index (χ3v) is 3.78. The fourth-order valence-electron chi connectivity index (χ4n) is 2.13. The highest BCUT2D eigenvalue weighted by Gasteiger charge is 2.16. The van der Waals surface area contributed by atoms with Gasteiger partial charge in [0.05, 0.1) is 5.56 Å². The van der Waals surface area contributed by atoms with E-state index in [1.807, 2.05) is 12.1 Å². The largest absolute Gasteiger partial charge is 0.321 e. The number of rotatable bonds is 2. The van der Waals surface area contributed by atoms with E-state index in [-0.39, 0.29) is 5.56 Å². The number of hydrogen-bond donors (Lipinski definition) is 1. The minimum Gasteiger partial charge on any atom is -0.321 e. The van der Waals surface area contributed by atoms with Crippen molar-refractivity contribution in [3.05, 3.63) is 70.7 Å². The molecule has 0 aliphatic carbocycles. The van der Waals surface area contributed by atoms with Crippen LogP contribution in [0.4, 0.5) is 10.1 Å². The van der Waals surface area contributed by atoms with Crippen molar-refractivity contribution < 1.29 is 9.18 Å². The Hall–Kier alpha value is -2.27. The molecule has 0 aliphatic rings. The average molecular weight is 345 g/mol. The number of anilines is 1. The molecule has 2 aromatic carbocycles. The molecule has 3 nitrogen and oxygen atoms in total. The van der Waals surface area contributed by atoms with E-state index >= 15 is 0 Å². The molecule has 0 fully saturated rings. The molecule has 0 bridgehead atoms. The molecule has 5 heteroatoms. The zero-order valence-electron chi connectivity index (χ0n) is 10.8. The Balaban J connectivity index is 2.01. The van der Waals surface area contributed by atoms with Gasteiger partial charge in [0.15, 0.2) is 0 Å². The predicted molar refractivity (Wildman–Crippen MR) is 83.8 cm³/mol. The molecule has 0 unspecified atom stereocenters. The predicted octanol–water partition coefficient (Wildman–Crippen LogP) is 4.39. The summed E-state index contributed by atoms with van der Waals surface area (Å²) in [5.74, 6) is -1.06. The highest BCUT2D eigenvalue weighted by molar-refractivity contribution is 9.10. The van der Waals surface area contributed by atoms with Crippen molar-refractivity contribution in [2.75, 3.05) is 5.32 Å². The normalized spacial score (nSPS) is 10.6. The summed E-state index contributed by atoms with van der Waals surface area (Å²) in [6.07, 6.45) is 3.36. The van der Waals surface area contributed by atoms with Crippen molar-refractivity contribution >= 4 is 38.3 Å². The molecule has 1 N–H and O–H groups in total. The van der Waals surface area contributed by atoms with Crippen molar-refractivity contribution in [1.29, 1.82) is 0 Å². The minimum atomic E-state index is -0.566. The maximum absolute atomic E-state index is 13.8. The van der Waals surface area contributed by atoms with Crippen LogP contribution < -0.4 is 5.32 Å². The number of aromatic nitrogens is 1. The van der Waals surface area contributed by atoms with Crippen molar-refractivity contribution in [1.82, 2.24) is 4.98 Å². The van der Waals surface area contributed by atoms with Gasteiger partial charge in [-0.05, 0) is 40.2 Å². The first-order valence-corrected chi connectivity index (χ1v) is 7.04. The zero-order chi connectivity index (χ0) is 14.8. The van der Waals surface area contributed by atoms with Crippen LogP contribution in [-0.4, -0.2) is 10.9 Å². The van der Waals surface area contributed by atoms with E-state index < -0.39 is 11.7 Å². The molecule has 1 amide bonds. The van der Waals surface area contributed by atoms with Gasteiger partial charge in [-0.25, -0.2) is 4.39 Å². The molecule has 104 valence electrons. The van der Waals surface area contributed by atoms with Crippen LogP contribution in [0.25, 0.3) is 10.8 Å². The molecule has 0 saturated heterocycles. The van der Waals surface area contributed by atoms with E-state index in [2.05, 4.69) is 26.2 Å². The average Bonchev–Trinajstić information content (AvgIpc) is 2.47. The number of nitrogens with one attached hydrogen (secondary N) is 1. The van der Waals surface area contributed by atoms with Crippen LogP contribution in [-0.2, 0) is 0 Å². The number of benzene rings is 2. The smallest absolute Gasteiger partial charge is 0.259 e. The van der Waals surface area contributed by atoms with Crippen LogP contribution in [0.15, 0.2) is 59.3 Å². The van der Waals surface area contributed by atoms with Gasteiger partial charge in [-0.15, -0.1) is 0 Å². The number of carbonyl (C=O) groups is 1. The Bertz CT molecular complexity index is 810. The summed E-state index contributed by atoms with van der Waals surface area (Å²) in [4.78, 5) is 16.3. The van der Waals surface area contributed by atoms with Crippen LogP contribution >= 0.6 is 15.9 Å². The molecule has 0 saturated carbocycles. The van der Waals surface area contributed by atoms with E-state index in [9.17, 15) is 9.18 Å². The molecular formula is C16H10BrFN2O. The maximum atomic E-state index is 13.8. The lowest BCUT2D eigenvalue weighted by molar-refractivity contribution is 0.102. The Kier molecular flexibility index (Phi) is 3.66. The van der Waals surface area contributed by atoms with Gasteiger partial charge < -0.3 is 5.32 Å². The number of amides is 1. The second kappa shape index (κ2) is 5.61. The van der Waals surface area contributed by atoms with Crippen LogP contribution in [0.3, 0.4) is 0 Å². The topological polar surface area (TPSA) is 42.0 Å². The standard InChI is InChI=1S/C16H10BrFN2O/c17-12-4-2-5-13(18)15(12)16(21)20-14-6-1-3-10-9-19-8-7-11(10)14/h1-9H,(H,20,21). The lowest BCUT2D eigenvalue weighted by atomic mass is 10.1. The number of hydrogen-bond acceptors (Lipinski definition) is 2. The first-order chi connectivity index (χ1) is 10.2. The molecule has 1 heterocycles. The lowest BCUT2D eigenvalue weighted by Gasteiger charge is -2.10. The highest BCUT2D eigenvalue weighted by Crippen LogP contribution is 2.25. The summed E-state index contributed by atoms with van der Waals surface area (Å²) in [6.45, 7) is 0. The summed E-state index contributed by atoms with van der Waals surface area (Å²) in [5, 5.41) is 4.51. The van der Waals surface area contributed by atoms with Crippen LogP contribution in [0, 0.1) is 5.82 Å². The Morgan fingerprint density at radius 3 is 2.76 bits per heavy atom. The number of pyridine rings is 1. The quantitative estimate of drug-likeness (QED) is 0.749. The number of fused-ring (bicyclic) bond motifs is 1. The molecule has 0 radical (unpaired) electrons. The van der Waals surface area contributed by atoms with E-state index in [1.165, 1.54) is 6.07 Å². The molecule has 3 rings (SSSR count). The van der Waals surface area contributed by atoms with Gasteiger partial charge in [-0.1, -0.05) is 18.2 Å². The van der Waals surface area contributed by atoms with E-state index in [0.717, 1.165) is 10.8 Å². The van der Waals surface area contributed by atoms with Crippen molar-refractivity contribution in [2.45, 2.75) is 0 Å². The van der Waals surface area contributed by atoms with Gasteiger partial charge >= 0.3 is 0 Å². The molecule has 1 aromatic heterocycles. The number of halogens is 2. The molecule has 0 atom stereocenters. The fraction of sp³-hybridized carbons (Fsp3) is 0. The third kappa shape index (κ3) is 2.64. The van der Waals surface area contributed by atoms with Crippen molar-refractivity contribution in [2.24, 2.45) is 0 Å². The summed E-state index contributed by atoms with van der Waals surface area (Å²) in [6, 6.07) is 11.7. The monoisotopic (exact) mass is 344 g/mol. The maximum Gasteiger partial charge on any atom is 0.259 e. The Labute approximate surface area is 128 Å². The SMILES string of the molecule is O=C(Nc1cccc2cnccc12)c1c(F)cccc1Br. The van der Waals surface area contributed by atoms with Crippen LogP contribution in [0.1, 0.15) is 10.4 Å². The summed E-state index contributed by atoms with van der Waals surface area (Å²) < 4.78 is 14.2. The molecule has 3 aromatic rings. The van der Waals surface area contributed by atoms with Crippen molar-refractivity contribution in [3.63, 3.8) is 0 Å². The number of nitrogens with zero attached hydrogens (tertiary/aromatic N) is 1. The van der Waals surface area contributed by atoms with Gasteiger partial charge in [-0.3, -0.25) is 9.78 Å². The Morgan fingerprint density at radius 2 is 1.95 bits per heavy atom. The summed E-state index contributed by atoms with van der Waals surface area (Å²) >= 11 is 3.20. The van der Waals surface area contributed by atoms with Crippen LogP contribution in [0.2, 0.25) is 0 Å². The summed E-state index contributed by atoms with van der Waals surface area (Å²) in [5.41, 5.74) is 0.610. The fourth-order valence-corrected chi connectivity index (χ4v) is 2.65. The first kappa shape index (κ1) is 13.7. The second-order valence-corrected chi connectivity index (χ2v) is 5.31. The second-order valence-electron chi connectivity index (χ2n) is 4.45. The van der Waals surface area contributed by atoms with Gasteiger partial charge in [-0.2, -0.15) is 0 Å². The van der Waals surface area contributed by atoms with E-state index in [0.29, 0.717) is 10.2 Å². The van der Waals surface area contributed by atoms with Gasteiger partial charge in [0.2, 0.25) is 0 Å². The molecule has 21 heavy (non-hydrogen) atoms. The molecule has 0 spiro atoms. The lowest BCUT2D eigenvalue weighted by Crippen LogP contribution is -2.14. The van der Waals surface area contributed by atoms with E-state index in [4.69, 9.17) is 0 Å². The van der Waals surface area contributed by atoms with E-state index in [1.54, 1.807) is 36.7 Å². The highest BCUT2D eigenvalue weighted by atomic mass is 79.9. The summed E-state index contributed by atoms with van der Waals surface area (Å²) in [7, 11) is 0. The number of carbonyl (C=O) groups excluding carboxylic acids is 1. The van der Waals surface area contributed by atoms with Gasteiger partial charge in [0, 0.05) is 33.3 Å². The Morgan fingerprint density at radius 1 is 1.14 bits per heavy atom. The van der Waals surface area contributed by atoms with Crippen molar-refractivity contribution in [3.8, 4) is 0 Å². The third-order valence-electron chi connectivity index (χ3n) is 3.12. The van der Waals surface area contributed by atoms with Crippen LogP contribution in [0.5, 0.6) is 0 Å². The minimum absolute atomic E-state index is 0.0106. The first-order valence-electron chi connectivity index (χ1n) is 6.25.